The second-order valence-electron chi connectivity index (χ2n) is 3.68. The molecule has 0 fully saturated rings. The van der Waals surface area contributed by atoms with Gasteiger partial charge < -0.3 is 5.32 Å². The molecular formula is C12H19N. The van der Waals surface area contributed by atoms with Gasteiger partial charge in [-0.15, -0.1) is 0 Å². The van der Waals surface area contributed by atoms with E-state index in [0.717, 1.165) is 5.92 Å². The first-order valence-electron chi connectivity index (χ1n) is 5.05. The van der Waals surface area contributed by atoms with Crippen molar-refractivity contribution in [2.75, 3.05) is 5.32 Å². The van der Waals surface area contributed by atoms with Gasteiger partial charge in [0.15, 0.2) is 0 Å². The standard InChI is InChI=1S/C12H19N/c1-4-10(2)11(3)13-12-8-6-5-7-9-12/h5-11,13H,4H2,1-3H3/t10-,11+/m1/s1. The van der Waals surface area contributed by atoms with Crippen molar-refractivity contribution in [1.82, 2.24) is 0 Å². The molecule has 1 heteroatoms. The molecule has 1 aromatic carbocycles. The maximum atomic E-state index is 3.49. The van der Waals surface area contributed by atoms with Crippen molar-refractivity contribution in [3.05, 3.63) is 30.3 Å². The molecule has 0 spiro atoms. The van der Waals surface area contributed by atoms with Gasteiger partial charge in [0, 0.05) is 11.7 Å². The Hall–Kier alpha value is -0.980. The number of hydrogen-bond acceptors (Lipinski definition) is 1. The van der Waals surface area contributed by atoms with Crippen LogP contribution in [0.15, 0.2) is 30.3 Å². The van der Waals surface area contributed by atoms with Gasteiger partial charge in [-0.25, -0.2) is 0 Å². The molecule has 0 aliphatic carbocycles. The molecule has 0 aromatic heterocycles. The minimum Gasteiger partial charge on any atom is -0.382 e. The fourth-order valence-electron chi connectivity index (χ4n) is 1.29. The van der Waals surface area contributed by atoms with E-state index >= 15 is 0 Å². The zero-order valence-corrected chi connectivity index (χ0v) is 8.75. The van der Waals surface area contributed by atoms with E-state index in [9.17, 15) is 0 Å². The highest BCUT2D eigenvalue weighted by molar-refractivity contribution is 5.43. The van der Waals surface area contributed by atoms with Crippen LogP contribution in [0.2, 0.25) is 0 Å². The molecule has 0 heterocycles. The minimum absolute atomic E-state index is 0.549. The smallest absolute Gasteiger partial charge is 0.0342 e. The molecule has 72 valence electrons. The summed E-state index contributed by atoms with van der Waals surface area (Å²) < 4.78 is 0. The first-order valence-corrected chi connectivity index (χ1v) is 5.05. The predicted molar refractivity (Wildman–Crippen MR) is 59.0 cm³/mol. The van der Waals surface area contributed by atoms with Gasteiger partial charge >= 0.3 is 0 Å². The quantitative estimate of drug-likeness (QED) is 0.741. The number of para-hydroxylation sites is 1. The van der Waals surface area contributed by atoms with Crippen LogP contribution in [0.4, 0.5) is 5.69 Å². The second-order valence-corrected chi connectivity index (χ2v) is 3.68. The van der Waals surface area contributed by atoms with Gasteiger partial charge in [0.05, 0.1) is 0 Å². The lowest BCUT2D eigenvalue weighted by Crippen LogP contribution is -2.22. The van der Waals surface area contributed by atoms with E-state index in [1.54, 1.807) is 0 Å². The molecule has 1 aromatic rings. The maximum Gasteiger partial charge on any atom is 0.0342 e. The maximum absolute atomic E-state index is 3.49. The Bertz CT molecular complexity index is 230. The van der Waals surface area contributed by atoms with E-state index in [1.807, 2.05) is 6.07 Å². The van der Waals surface area contributed by atoms with E-state index in [0.29, 0.717) is 6.04 Å². The Kier molecular flexibility index (Phi) is 3.81. The summed E-state index contributed by atoms with van der Waals surface area (Å²) in [6.45, 7) is 6.75. The lowest BCUT2D eigenvalue weighted by atomic mass is 10.0. The van der Waals surface area contributed by atoms with Crippen LogP contribution in [-0.2, 0) is 0 Å². The zero-order chi connectivity index (χ0) is 9.68. The van der Waals surface area contributed by atoms with Gasteiger partial charge in [-0.05, 0) is 25.0 Å². The molecule has 0 radical (unpaired) electrons. The number of anilines is 1. The molecule has 13 heavy (non-hydrogen) atoms. The third-order valence-electron chi connectivity index (χ3n) is 2.67. The summed E-state index contributed by atoms with van der Waals surface area (Å²) in [5, 5.41) is 3.49. The van der Waals surface area contributed by atoms with Crippen molar-refractivity contribution in [2.45, 2.75) is 33.2 Å². The van der Waals surface area contributed by atoms with Gasteiger partial charge in [0.1, 0.15) is 0 Å². The van der Waals surface area contributed by atoms with Crippen LogP contribution in [-0.4, -0.2) is 6.04 Å². The van der Waals surface area contributed by atoms with Crippen LogP contribution in [0, 0.1) is 5.92 Å². The monoisotopic (exact) mass is 177 g/mol. The molecule has 0 aliphatic heterocycles. The lowest BCUT2D eigenvalue weighted by Gasteiger charge is -2.20. The summed E-state index contributed by atoms with van der Waals surface area (Å²) in [6.07, 6.45) is 1.22. The molecule has 1 nitrogen and oxygen atoms in total. The highest BCUT2D eigenvalue weighted by Crippen LogP contribution is 2.13. The van der Waals surface area contributed by atoms with Gasteiger partial charge in [0.2, 0.25) is 0 Å². The molecule has 1 rings (SSSR count). The topological polar surface area (TPSA) is 12.0 Å². The molecule has 0 saturated heterocycles. The zero-order valence-electron chi connectivity index (χ0n) is 8.75. The van der Waals surface area contributed by atoms with E-state index < -0.39 is 0 Å². The van der Waals surface area contributed by atoms with Crippen LogP contribution in [0.5, 0.6) is 0 Å². The summed E-state index contributed by atoms with van der Waals surface area (Å²) in [6, 6.07) is 10.9. The predicted octanol–water partition coefficient (Wildman–Crippen LogP) is 3.53. The molecular weight excluding hydrogens is 158 g/mol. The summed E-state index contributed by atoms with van der Waals surface area (Å²) in [4.78, 5) is 0. The van der Waals surface area contributed by atoms with Crippen LogP contribution < -0.4 is 5.32 Å². The Morgan fingerprint density at radius 2 is 1.77 bits per heavy atom. The van der Waals surface area contributed by atoms with Crippen LogP contribution >= 0.6 is 0 Å². The summed E-state index contributed by atoms with van der Waals surface area (Å²) in [5.74, 6) is 0.722. The van der Waals surface area contributed by atoms with E-state index in [-0.39, 0.29) is 0 Å². The average molecular weight is 177 g/mol. The largest absolute Gasteiger partial charge is 0.382 e. The molecule has 0 saturated carbocycles. The lowest BCUT2D eigenvalue weighted by molar-refractivity contribution is 0.494. The Labute approximate surface area is 81.2 Å². The SMILES string of the molecule is CC[C@@H](C)[C@H](C)Nc1ccccc1. The van der Waals surface area contributed by atoms with Crippen LogP contribution in [0.1, 0.15) is 27.2 Å². The van der Waals surface area contributed by atoms with Gasteiger partial charge in [-0.1, -0.05) is 38.5 Å². The summed E-state index contributed by atoms with van der Waals surface area (Å²) >= 11 is 0. The summed E-state index contributed by atoms with van der Waals surface area (Å²) in [7, 11) is 0. The fourth-order valence-corrected chi connectivity index (χ4v) is 1.29. The Morgan fingerprint density at radius 3 is 2.31 bits per heavy atom. The Morgan fingerprint density at radius 1 is 1.15 bits per heavy atom. The van der Waals surface area contributed by atoms with Crippen molar-refractivity contribution in [1.29, 1.82) is 0 Å². The first kappa shape index (κ1) is 10.1. The van der Waals surface area contributed by atoms with Crippen LogP contribution in [0.25, 0.3) is 0 Å². The van der Waals surface area contributed by atoms with E-state index in [2.05, 4.69) is 50.4 Å². The average Bonchev–Trinajstić information content (AvgIpc) is 2.18. The highest BCUT2D eigenvalue weighted by atomic mass is 14.9. The second kappa shape index (κ2) is 4.90. The van der Waals surface area contributed by atoms with Crippen molar-refractivity contribution >= 4 is 5.69 Å². The van der Waals surface area contributed by atoms with Crippen molar-refractivity contribution < 1.29 is 0 Å². The molecule has 0 amide bonds. The fraction of sp³-hybridized carbons (Fsp3) is 0.500. The first-order chi connectivity index (χ1) is 6.24. The highest BCUT2D eigenvalue weighted by Gasteiger charge is 2.08. The van der Waals surface area contributed by atoms with Gasteiger partial charge in [-0.2, -0.15) is 0 Å². The van der Waals surface area contributed by atoms with Crippen molar-refractivity contribution in [2.24, 2.45) is 5.92 Å². The van der Waals surface area contributed by atoms with E-state index in [1.165, 1.54) is 12.1 Å². The third kappa shape index (κ3) is 3.10. The molecule has 2 atom stereocenters. The minimum atomic E-state index is 0.549. The number of nitrogens with one attached hydrogen (secondary N) is 1. The van der Waals surface area contributed by atoms with E-state index in [4.69, 9.17) is 0 Å². The third-order valence-corrected chi connectivity index (χ3v) is 2.67. The molecule has 1 N–H and O–H groups in total. The molecule has 0 aliphatic rings. The molecule has 0 bridgehead atoms. The van der Waals surface area contributed by atoms with Crippen molar-refractivity contribution in [3.63, 3.8) is 0 Å². The Balaban J connectivity index is 2.50. The van der Waals surface area contributed by atoms with Crippen LogP contribution in [0.3, 0.4) is 0 Å². The van der Waals surface area contributed by atoms with Gasteiger partial charge in [-0.3, -0.25) is 0 Å². The summed E-state index contributed by atoms with van der Waals surface area (Å²) in [5.41, 5.74) is 1.22. The number of hydrogen-bond donors (Lipinski definition) is 1. The normalized spacial score (nSPS) is 15.0. The number of rotatable bonds is 4. The molecule has 0 unspecified atom stereocenters. The number of benzene rings is 1. The van der Waals surface area contributed by atoms with Crippen molar-refractivity contribution in [3.8, 4) is 0 Å². The van der Waals surface area contributed by atoms with Gasteiger partial charge in [0.25, 0.3) is 0 Å².